The average molecular weight is 251 g/mol. The Balaban J connectivity index is 2.86. The smallest absolute Gasteiger partial charge is 0.345 e. The minimum absolute atomic E-state index is 0.206. The number of nitrogens with two attached hydrogens (primary N) is 1. The van der Waals surface area contributed by atoms with Gasteiger partial charge in [0.25, 0.3) is 0 Å². The van der Waals surface area contributed by atoms with Gasteiger partial charge in [-0.05, 0) is 25.5 Å². The molecule has 18 heavy (non-hydrogen) atoms. The molecule has 0 aliphatic heterocycles. The Labute approximate surface area is 106 Å². The highest BCUT2D eigenvalue weighted by Crippen LogP contribution is 2.16. The number of carboxylic acids is 1. The van der Waals surface area contributed by atoms with Gasteiger partial charge in [-0.15, -0.1) is 0 Å². The second-order valence-corrected chi connectivity index (χ2v) is 4.11. The molecule has 1 aromatic carbocycles. The van der Waals surface area contributed by atoms with E-state index in [2.05, 4.69) is 0 Å². The first-order chi connectivity index (χ1) is 8.45. The van der Waals surface area contributed by atoms with Crippen LogP contribution >= 0.6 is 0 Å². The van der Waals surface area contributed by atoms with Gasteiger partial charge in [0.2, 0.25) is 0 Å². The number of carboxylic acid groups (broad SMARTS) is 1. The minimum atomic E-state index is -1.14. The van der Waals surface area contributed by atoms with Gasteiger partial charge in [0, 0.05) is 5.69 Å². The molecule has 5 heteroatoms. The van der Waals surface area contributed by atoms with Crippen molar-refractivity contribution in [2.45, 2.75) is 32.8 Å². The van der Waals surface area contributed by atoms with Crippen molar-refractivity contribution in [3.63, 3.8) is 0 Å². The van der Waals surface area contributed by atoms with Crippen LogP contribution in [0.1, 0.15) is 35.7 Å². The summed E-state index contributed by atoms with van der Waals surface area (Å²) < 4.78 is 4.96. The Morgan fingerprint density at radius 1 is 1.44 bits per heavy atom. The van der Waals surface area contributed by atoms with E-state index >= 15 is 0 Å². The molecule has 1 rings (SSSR count). The van der Waals surface area contributed by atoms with Gasteiger partial charge < -0.3 is 15.6 Å². The maximum atomic E-state index is 11.8. The van der Waals surface area contributed by atoms with Gasteiger partial charge in [0.15, 0.2) is 6.10 Å². The highest BCUT2D eigenvalue weighted by atomic mass is 16.6. The number of carbonyl (C=O) groups is 2. The van der Waals surface area contributed by atoms with Crippen LogP contribution in [0.3, 0.4) is 0 Å². The molecule has 0 bridgehead atoms. The Kier molecular flexibility index (Phi) is 4.71. The third-order valence-corrected chi connectivity index (χ3v) is 2.50. The SMILES string of the molecule is CCCC(OC(=O)c1cc(C)ccc1N)C(=O)O. The maximum absolute atomic E-state index is 11.8. The van der Waals surface area contributed by atoms with Crippen molar-refractivity contribution in [2.75, 3.05) is 5.73 Å². The van der Waals surface area contributed by atoms with Gasteiger partial charge in [-0.3, -0.25) is 0 Å². The van der Waals surface area contributed by atoms with E-state index in [0.717, 1.165) is 5.56 Å². The second-order valence-electron chi connectivity index (χ2n) is 4.11. The number of rotatable bonds is 5. The van der Waals surface area contributed by atoms with E-state index < -0.39 is 18.0 Å². The Morgan fingerprint density at radius 3 is 2.67 bits per heavy atom. The van der Waals surface area contributed by atoms with Crippen molar-refractivity contribution >= 4 is 17.6 Å². The monoisotopic (exact) mass is 251 g/mol. The molecule has 0 saturated carbocycles. The number of benzene rings is 1. The molecule has 5 nitrogen and oxygen atoms in total. The fourth-order valence-corrected chi connectivity index (χ4v) is 1.53. The first kappa shape index (κ1) is 14.0. The Hall–Kier alpha value is -2.04. The van der Waals surface area contributed by atoms with E-state index in [9.17, 15) is 9.59 Å². The first-order valence-electron chi connectivity index (χ1n) is 5.75. The largest absolute Gasteiger partial charge is 0.479 e. The van der Waals surface area contributed by atoms with Crippen LogP contribution in [-0.2, 0) is 9.53 Å². The van der Waals surface area contributed by atoms with E-state index in [1.54, 1.807) is 18.2 Å². The zero-order chi connectivity index (χ0) is 13.7. The van der Waals surface area contributed by atoms with Crippen molar-refractivity contribution in [2.24, 2.45) is 0 Å². The summed E-state index contributed by atoms with van der Waals surface area (Å²) >= 11 is 0. The van der Waals surface area contributed by atoms with Crippen LogP contribution in [0.15, 0.2) is 18.2 Å². The zero-order valence-electron chi connectivity index (χ0n) is 10.5. The van der Waals surface area contributed by atoms with E-state index in [0.29, 0.717) is 6.42 Å². The number of ether oxygens (including phenoxy) is 1. The molecule has 98 valence electrons. The molecular formula is C13H17NO4. The van der Waals surface area contributed by atoms with E-state index in [4.69, 9.17) is 15.6 Å². The lowest BCUT2D eigenvalue weighted by Crippen LogP contribution is -2.27. The predicted octanol–water partition coefficient (Wildman–Crippen LogP) is 1.99. The Bertz CT molecular complexity index is 456. The second kappa shape index (κ2) is 6.05. The molecule has 0 saturated heterocycles. The lowest BCUT2D eigenvalue weighted by atomic mass is 10.1. The fourth-order valence-electron chi connectivity index (χ4n) is 1.53. The summed E-state index contributed by atoms with van der Waals surface area (Å²) in [5, 5.41) is 8.92. The number of esters is 1. The number of hydrogen-bond acceptors (Lipinski definition) is 4. The molecule has 0 aliphatic carbocycles. The average Bonchev–Trinajstić information content (AvgIpc) is 2.31. The lowest BCUT2D eigenvalue weighted by molar-refractivity contribution is -0.147. The highest BCUT2D eigenvalue weighted by Gasteiger charge is 2.23. The van der Waals surface area contributed by atoms with Crippen molar-refractivity contribution in [3.05, 3.63) is 29.3 Å². The summed E-state index contributed by atoms with van der Waals surface area (Å²) in [5.74, 6) is -1.84. The van der Waals surface area contributed by atoms with Crippen molar-refractivity contribution in [3.8, 4) is 0 Å². The quantitative estimate of drug-likeness (QED) is 0.617. The minimum Gasteiger partial charge on any atom is -0.479 e. The molecule has 0 fully saturated rings. The van der Waals surface area contributed by atoms with E-state index in [1.165, 1.54) is 0 Å². The number of anilines is 1. The topological polar surface area (TPSA) is 89.6 Å². The van der Waals surface area contributed by atoms with Gasteiger partial charge >= 0.3 is 11.9 Å². The molecule has 0 aromatic heterocycles. The molecular weight excluding hydrogens is 234 g/mol. The molecule has 0 radical (unpaired) electrons. The Morgan fingerprint density at radius 2 is 2.11 bits per heavy atom. The molecule has 1 aromatic rings. The number of hydrogen-bond donors (Lipinski definition) is 2. The van der Waals surface area contributed by atoms with Crippen LogP contribution in [0.2, 0.25) is 0 Å². The summed E-state index contributed by atoms with van der Waals surface area (Å²) in [7, 11) is 0. The zero-order valence-corrected chi connectivity index (χ0v) is 10.5. The van der Waals surface area contributed by atoms with Crippen LogP contribution in [0, 0.1) is 6.92 Å². The lowest BCUT2D eigenvalue weighted by Gasteiger charge is -2.13. The van der Waals surface area contributed by atoms with Crippen molar-refractivity contribution < 1.29 is 19.4 Å². The molecule has 0 aliphatic rings. The van der Waals surface area contributed by atoms with Crippen LogP contribution < -0.4 is 5.73 Å². The van der Waals surface area contributed by atoms with Gasteiger partial charge in [0.05, 0.1) is 5.56 Å². The maximum Gasteiger partial charge on any atom is 0.345 e. The summed E-state index contributed by atoms with van der Waals surface area (Å²) in [5.41, 5.74) is 7.02. The number of aliphatic carboxylic acids is 1. The summed E-state index contributed by atoms with van der Waals surface area (Å²) in [6.07, 6.45) is -0.220. The molecule has 1 atom stereocenters. The standard InChI is InChI=1S/C13H17NO4/c1-3-4-11(12(15)16)18-13(17)9-7-8(2)5-6-10(9)14/h5-7,11H,3-4,14H2,1-2H3,(H,15,16). The third-order valence-electron chi connectivity index (χ3n) is 2.50. The molecule has 0 heterocycles. The van der Waals surface area contributed by atoms with Crippen molar-refractivity contribution in [1.29, 1.82) is 0 Å². The van der Waals surface area contributed by atoms with E-state index in [-0.39, 0.29) is 17.7 Å². The van der Waals surface area contributed by atoms with Gasteiger partial charge in [-0.25, -0.2) is 9.59 Å². The summed E-state index contributed by atoms with van der Waals surface area (Å²) in [6, 6.07) is 4.96. The number of nitrogen functional groups attached to an aromatic ring is 1. The van der Waals surface area contributed by atoms with Crippen LogP contribution in [0.5, 0.6) is 0 Å². The molecule has 3 N–H and O–H groups in total. The van der Waals surface area contributed by atoms with Gasteiger partial charge in [-0.1, -0.05) is 25.0 Å². The van der Waals surface area contributed by atoms with Gasteiger partial charge in [0.1, 0.15) is 0 Å². The third kappa shape index (κ3) is 3.48. The first-order valence-corrected chi connectivity index (χ1v) is 5.75. The number of aryl methyl sites for hydroxylation is 1. The highest BCUT2D eigenvalue weighted by molar-refractivity contribution is 5.96. The fraction of sp³-hybridized carbons (Fsp3) is 0.385. The molecule has 0 amide bonds. The predicted molar refractivity (Wildman–Crippen MR) is 67.3 cm³/mol. The number of carbonyl (C=O) groups excluding carboxylic acids is 1. The normalized spacial score (nSPS) is 11.9. The van der Waals surface area contributed by atoms with Crippen LogP contribution in [-0.4, -0.2) is 23.1 Å². The molecule has 1 unspecified atom stereocenters. The summed E-state index contributed by atoms with van der Waals surface area (Å²) in [6.45, 7) is 3.64. The van der Waals surface area contributed by atoms with Crippen LogP contribution in [0.25, 0.3) is 0 Å². The van der Waals surface area contributed by atoms with Gasteiger partial charge in [-0.2, -0.15) is 0 Å². The van der Waals surface area contributed by atoms with E-state index in [1.807, 2.05) is 13.8 Å². The summed E-state index contributed by atoms with van der Waals surface area (Å²) in [4.78, 5) is 22.7. The molecule has 0 spiro atoms. The van der Waals surface area contributed by atoms with Crippen molar-refractivity contribution in [1.82, 2.24) is 0 Å². The van der Waals surface area contributed by atoms with Crippen LogP contribution in [0.4, 0.5) is 5.69 Å².